The lowest BCUT2D eigenvalue weighted by Crippen LogP contribution is -2.28. The van der Waals surface area contributed by atoms with Crippen LogP contribution in [0, 0.1) is 17.1 Å². The summed E-state index contributed by atoms with van der Waals surface area (Å²) in [5.41, 5.74) is 4.69. The summed E-state index contributed by atoms with van der Waals surface area (Å²) >= 11 is 6.14. The minimum atomic E-state index is -2.78. The molecular formula is C24H18ClF3N6O2. The van der Waals surface area contributed by atoms with Gasteiger partial charge in [-0.2, -0.15) is 15.5 Å². The van der Waals surface area contributed by atoms with Crippen LogP contribution >= 0.6 is 11.6 Å². The smallest absolute Gasteiger partial charge is 0.277 e. The monoisotopic (exact) mass is 514 g/mol. The molecule has 8 nitrogen and oxygen atoms in total. The molecular weight excluding hydrogens is 497 g/mol. The van der Waals surface area contributed by atoms with Crippen molar-refractivity contribution in [2.75, 3.05) is 0 Å². The highest BCUT2D eigenvalue weighted by atomic mass is 35.5. The summed E-state index contributed by atoms with van der Waals surface area (Å²) in [6.07, 6.45) is -1.12. The number of aromatic amines is 1. The average molecular weight is 515 g/mol. The van der Waals surface area contributed by atoms with Crippen LogP contribution in [0.5, 0.6) is 5.75 Å². The molecule has 1 aliphatic carbocycles. The number of hydrogen-bond donors (Lipinski definition) is 2. The van der Waals surface area contributed by atoms with E-state index in [0.717, 1.165) is 6.07 Å². The van der Waals surface area contributed by atoms with E-state index in [1.54, 1.807) is 25.2 Å². The Bertz CT molecular complexity index is 1620. The first-order valence-electron chi connectivity index (χ1n) is 10.8. The van der Waals surface area contributed by atoms with Gasteiger partial charge >= 0.3 is 0 Å². The molecule has 0 unspecified atom stereocenters. The number of alkyl halides is 2. The molecule has 0 radical (unpaired) electrons. The molecule has 0 atom stereocenters. The zero-order valence-corrected chi connectivity index (χ0v) is 19.5. The number of nitrogens with one attached hydrogen (secondary N) is 1. The maximum atomic E-state index is 15.5. The molecule has 1 fully saturated rings. The number of rotatable bonds is 6. The first-order chi connectivity index (χ1) is 17.2. The van der Waals surface area contributed by atoms with Crippen molar-refractivity contribution in [2.45, 2.75) is 31.4 Å². The molecule has 2 aromatic carbocycles. The summed E-state index contributed by atoms with van der Waals surface area (Å²) in [5.74, 6) is -1.16. The van der Waals surface area contributed by atoms with Crippen LogP contribution in [-0.4, -0.2) is 32.0 Å². The predicted octanol–water partition coefficient (Wildman–Crippen LogP) is 4.29. The van der Waals surface area contributed by atoms with Crippen molar-refractivity contribution in [1.82, 2.24) is 20.0 Å². The Morgan fingerprint density at radius 3 is 2.72 bits per heavy atom. The highest BCUT2D eigenvalue weighted by molar-refractivity contribution is 6.31. The molecule has 3 N–H and O–H groups in total. The summed E-state index contributed by atoms with van der Waals surface area (Å²) in [5, 5.41) is 21.0. The predicted molar refractivity (Wildman–Crippen MR) is 126 cm³/mol. The molecule has 5 rings (SSSR count). The molecule has 1 aliphatic rings. The summed E-state index contributed by atoms with van der Waals surface area (Å²) in [6.45, 7) is 0.0602. The second-order valence-corrected chi connectivity index (χ2v) is 8.90. The van der Waals surface area contributed by atoms with Gasteiger partial charge < -0.3 is 10.5 Å². The Hall–Kier alpha value is -3.88. The first kappa shape index (κ1) is 23.8. The molecule has 0 saturated heterocycles. The van der Waals surface area contributed by atoms with Crippen molar-refractivity contribution in [3.05, 3.63) is 62.9 Å². The van der Waals surface area contributed by atoms with Gasteiger partial charge in [-0.25, -0.2) is 18.3 Å². The number of fused-ring (bicyclic) bond motifs is 1. The van der Waals surface area contributed by atoms with E-state index in [0.29, 0.717) is 27.6 Å². The largest absolute Gasteiger partial charge is 0.480 e. The molecule has 12 heteroatoms. The standard InChI is InChI=1S/C24H18ClF3N6O2/c1-34-21(15(10-31-34)11-2-3-12-13(6-11)17(9-30)32-33-22(12)35)19-14(8-29)18(7-16(25)20(19)26)36-24(4-5-24)23(27)28/h2-3,6-7,10,23H,4-5,9,30H2,1H3,(H,33,35). The molecule has 36 heavy (non-hydrogen) atoms. The zero-order valence-electron chi connectivity index (χ0n) is 18.8. The van der Waals surface area contributed by atoms with Gasteiger partial charge in [0.15, 0.2) is 11.4 Å². The van der Waals surface area contributed by atoms with Gasteiger partial charge in [0.05, 0.1) is 33.6 Å². The lowest BCUT2D eigenvalue weighted by Gasteiger charge is -2.20. The Morgan fingerprint density at radius 2 is 2.08 bits per heavy atom. The number of ether oxygens (including phenoxy) is 1. The number of hydrogen-bond acceptors (Lipinski definition) is 6. The number of halogens is 4. The lowest BCUT2D eigenvalue weighted by atomic mass is 9.95. The molecule has 4 aromatic rings. The summed E-state index contributed by atoms with van der Waals surface area (Å²) in [4.78, 5) is 12.2. The van der Waals surface area contributed by atoms with E-state index in [1.807, 2.05) is 6.07 Å². The Morgan fingerprint density at radius 1 is 1.33 bits per heavy atom. The van der Waals surface area contributed by atoms with Crippen molar-refractivity contribution in [3.63, 3.8) is 0 Å². The van der Waals surface area contributed by atoms with Crippen LogP contribution in [0.1, 0.15) is 24.1 Å². The fourth-order valence-electron chi connectivity index (χ4n) is 4.21. The maximum Gasteiger partial charge on any atom is 0.277 e. The summed E-state index contributed by atoms with van der Waals surface area (Å²) < 4.78 is 49.5. The van der Waals surface area contributed by atoms with Crippen molar-refractivity contribution in [3.8, 4) is 34.2 Å². The van der Waals surface area contributed by atoms with E-state index in [4.69, 9.17) is 22.1 Å². The van der Waals surface area contributed by atoms with E-state index in [1.165, 1.54) is 10.9 Å². The van der Waals surface area contributed by atoms with Crippen molar-refractivity contribution in [1.29, 1.82) is 5.26 Å². The Labute approximate surface area is 207 Å². The third-order valence-electron chi connectivity index (χ3n) is 6.30. The minimum absolute atomic E-state index is 0.0602. The minimum Gasteiger partial charge on any atom is -0.480 e. The Kier molecular flexibility index (Phi) is 5.73. The van der Waals surface area contributed by atoms with Crippen LogP contribution in [0.3, 0.4) is 0 Å². The van der Waals surface area contributed by atoms with Crippen molar-refractivity contribution >= 4 is 22.4 Å². The van der Waals surface area contributed by atoms with E-state index >= 15 is 4.39 Å². The SMILES string of the molecule is Cn1ncc(-c2ccc3c(=O)[nH]nc(CN)c3c2)c1-c1c(F)c(Cl)cc(OC2(C(F)F)CC2)c1C#N. The van der Waals surface area contributed by atoms with E-state index in [2.05, 4.69) is 15.3 Å². The van der Waals surface area contributed by atoms with Crippen LogP contribution in [-0.2, 0) is 13.6 Å². The van der Waals surface area contributed by atoms with Gasteiger partial charge in [0, 0.05) is 30.6 Å². The topological polar surface area (TPSA) is 123 Å². The zero-order chi connectivity index (χ0) is 25.8. The number of H-pyrrole nitrogens is 1. The maximum absolute atomic E-state index is 15.5. The molecule has 0 amide bonds. The third-order valence-corrected chi connectivity index (χ3v) is 6.57. The number of nitriles is 1. The van der Waals surface area contributed by atoms with E-state index < -0.39 is 28.4 Å². The third kappa shape index (κ3) is 3.70. The van der Waals surface area contributed by atoms with Gasteiger partial charge in [0.2, 0.25) is 0 Å². The van der Waals surface area contributed by atoms with Gasteiger partial charge in [0.25, 0.3) is 12.0 Å². The average Bonchev–Trinajstić information content (AvgIpc) is 3.55. The molecule has 0 bridgehead atoms. The van der Waals surface area contributed by atoms with Crippen LogP contribution in [0.2, 0.25) is 5.02 Å². The first-order valence-corrected chi connectivity index (χ1v) is 11.2. The highest BCUT2D eigenvalue weighted by Gasteiger charge is 2.54. The molecule has 2 heterocycles. The number of nitrogens with two attached hydrogens (primary N) is 1. The normalized spacial score (nSPS) is 14.3. The van der Waals surface area contributed by atoms with Gasteiger partial charge in [0.1, 0.15) is 17.4 Å². The van der Waals surface area contributed by atoms with E-state index in [9.17, 15) is 18.8 Å². The van der Waals surface area contributed by atoms with Crippen LogP contribution in [0.25, 0.3) is 33.2 Å². The van der Waals surface area contributed by atoms with Gasteiger partial charge in [-0.3, -0.25) is 9.48 Å². The number of benzene rings is 2. The molecule has 2 aromatic heterocycles. The van der Waals surface area contributed by atoms with Crippen molar-refractivity contribution < 1.29 is 17.9 Å². The number of aryl methyl sites for hydroxylation is 1. The van der Waals surface area contributed by atoms with Gasteiger partial charge in [-0.05, 0) is 30.5 Å². The van der Waals surface area contributed by atoms with Crippen LogP contribution in [0.15, 0.2) is 35.3 Å². The summed E-state index contributed by atoms with van der Waals surface area (Å²) in [6, 6.07) is 7.82. The van der Waals surface area contributed by atoms with E-state index in [-0.39, 0.29) is 42.0 Å². The number of nitrogens with zero attached hydrogens (tertiary/aromatic N) is 4. The fourth-order valence-corrected chi connectivity index (χ4v) is 4.41. The van der Waals surface area contributed by atoms with Crippen LogP contribution in [0.4, 0.5) is 13.2 Å². The van der Waals surface area contributed by atoms with Crippen LogP contribution < -0.4 is 16.0 Å². The van der Waals surface area contributed by atoms with Gasteiger partial charge in [-0.1, -0.05) is 17.7 Å². The molecule has 0 spiro atoms. The van der Waals surface area contributed by atoms with Crippen molar-refractivity contribution in [2.24, 2.45) is 12.8 Å². The Balaban J connectivity index is 1.74. The second-order valence-electron chi connectivity index (χ2n) is 8.49. The molecule has 0 aliphatic heterocycles. The molecule has 1 saturated carbocycles. The molecule has 184 valence electrons. The second kappa shape index (κ2) is 8.65. The quantitative estimate of drug-likeness (QED) is 0.396. The van der Waals surface area contributed by atoms with Gasteiger partial charge in [-0.15, -0.1) is 0 Å². The number of aromatic nitrogens is 4. The lowest BCUT2D eigenvalue weighted by molar-refractivity contribution is -0.00711. The highest BCUT2D eigenvalue weighted by Crippen LogP contribution is 2.48. The summed E-state index contributed by atoms with van der Waals surface area (Å²) in [7, 11) is 1.54. The fraction of sp³-hybridized carbons (Fsp3) is 0.250.